The highest BCUT2D eigenvalue weighted by molar-refractivity contribution is 7.84. The average molecular weight is 585 g/mol. The van der Waals surface area contributed by atoms with E-state index in [2.05, 4.69) is 38.2 Å². The van der Waals surface area contributed by atoms with Gasteiger partial charge in [-0.15, -0.1) is 11.3 Å². The minimum Gasteiger partial charge on any atom is -0.390 e. The molecular formula is C28H32N4O6S2. The van der Waals surface area contributed by atoms with Crippen molar-refractivity contribution in [3.05, 3.63) is 74.4 Å². The number of aliphatic hydroxyl groups is 1. The summed E-state index contributed by atoms with van der Waals surface area (Å²) >= 11 is 1.42. The standard InChI is InChI=1S/C28H32N4O6S2/c1-15-20(27-21-9-18(16-3-4-16)6-5-17(21)7-8-37-27)12-25(39-15)26(34)22-13-30-14-31-28(22)32-19-10-23(33)24(11-19)38-40(35,36)29-2/h5-6,9,12-14,16,19,23-24,27,29,33H,3-4,7-8,10-11H2,1-2H3,(H,30,31,32)/t19-,23+,24-,27-/m1/s1. The first kappa shape index (κ1) is 27.4. The van der Waals surface area contributed by atoms with E-state index < -0.39 is 22.5 Å². The number of thiophene rings is 1. The van der Waals surface area contributed by atoms with E-state index in [1.165, 1.54) is 60.4 Å². The Bertz CT molecular complexity index is 1540. The summed E-state index contributed by atoms with van der Waals surface area (Å²) in [5.41, 5.74) is 5.16. The lowest BCUT2D eigenvalue weighted by Crippen LogP contribution is -2.31. The molecule has 0 spiro atoms. The number of carbonyl (C=O) groups is 1. The fraction of sp³-hybridized carbons (Fsp3) is 0.464. The van der Waals surface area contributed by atoms with E-state index in [0.29, 0.717) is 28.8 Å². The number of aryl methyl sites for hydroxylation is 1. The van der Waals surface area contributed by atoms with Gasteiger partial charge in [-0.1, -0.05) is 18.2 Å². The summed E-state index contributed by atoms with van der Waals surface area (Å²) in [5.74, 6) is 0.762. The highest BCUT2D eigenvalue weighted by Gasteiger charge is 2.37. The Balaban J connectivity index is 1.23. The number of rotatable bonds is 9. The molecule has 1 aromatic carbocycles. The molecule has 6 rings (SSSR count). The van der Waals surface area contributed by atoms with Gasteiger partial charge in [0.15, 0.2) is 0 Å². The van der Waals surface area contributed by atoms with Gasteiger partial charge in [-0.2, -0.15) is 13.1 Å². The fourth-order valence-corrected chi connectivity index (χ4v) is 7.23. The number of fused-ring (bicyclic) bond motifs is 1. The molecule has 0 radical (unpaired) electrons. The summed E-state index contributed by atoms with van der Waals surface area (Å²) in [6.45, 7) is 2.65. The Hall–Kier alpha value is -2.74. The van der Waals surface area contributed by atoms with Gasteiger partial charge in [0.2, 0.25) is 5.78 Å². The second kappa shape index (κ2) is 10.9. The largest absolute Gasteiger partial charge is 0.390 e. The first-order valence-electron chi connectivity index (χ1n) is 13.5. The van der Waals surface area contributed by atoms with Crippen LogP contribution in [0, 0.1) is 6.92 Å². The smallest absolute Gasteiger partial charge is 0.335 e. The molecule has 0 amide bonds. The Morgan fingerprint density at radius 2 is 2.02 bits per heavy atom. The SMILES string of the molecule is CNS(=O)(=O)O[C@@H]1C[C@H](Nc2ncncc2C(=O)c2cc([C@H]3OCCc4ccc(C5CC5)cc43)c(C)s2)C[C@@H]1O. The molecule has 2 saturated carbocycles. The molecule has 3 aliphatic rings. The number of aromatic nitrogens is 2. The van der Waals surface area contributed by atoms with Crippen LogP contribution in [0.25, 0.3) is 0 Å². The minimum atomic E-state index is -3.95. The van der Waals surface area contributed by atoms with Crippen molar-refractivity contribution in [3.8, 4) is 0 Å². The maximum absolute atomic E-state index is 13.7. The van der Waals surface area contributed by atoms with E-state index in [1.54, 1.807) is 0 Å². The molecule has 4 atom stereocenters. The van der Waals surface area contributed by atoms with Gasteiger partial charge >= 0.3 is 10.3 Å². The summed E-state index contributed by atoms with van der Waals surface area (Å²) in [6, 6.07) is 8.35. The molecule has 2 aliphatic carbocycles. The van der Waals surface area contributed by atoms with Crippen molar-refractivity contribution in [3.63, 3.8) is 0 Å². The Morgan fingerprint density at radius 1 is 1.20 bits per heavy atom. The third-order valence-corrected chi connectivity index (χ3v) is 9.96. The normalized spacial score (nSPS) is 24.6. The second-order valence-electron chi connectivity index (χ2n) is 10.6. The van der Waals surface area contributed by atoms with Crippen LogP contribution in [0.5, 0.6) is 0 Å². The quantitative estimate of drug-likeness (QED) is 0.323. The van der Waals surface area contributed by atoms with Crippen LogP contribution in [0.4, 0.5) is 5.82 Å². The van der Waals surface area contributed by atoms with Crippen molar-refractivity contribution < 1.29 is 27.2 Å². The highest BCUT2D eigenvalue weighted by Crippen LogP contribution is 2.44. The molecule has 0 bridgehead atoms. The van der Waals surface area contributed by atoms with Crippen LogP contribution in [0.2, 0.25) is 0 Å². The predicted molar refractivity (Wildman–Crippen MR) is 150 cm³/mol. The Morgan fingerprint density at radius 3 is 2.80 bits per heavy atom. The molecule has 3 aromatic rings. The van der Waals surface area contributed by atoms with Gasteiger partial charge in [-0.3, -0.25) is 8.98 Å². The maximum Gasteiger partial charge on any atom is 0.335 e. The summed E-state index contributed by atoms with van der Waals surface area (Å²) in [7, 11) is -2.71. The van der Waals surface area contributed by atoms with Crippen molar-refractivity contribution in [2.45, 2.75) is 69.3 Å². The van der Waals surface area contributed by atoms with Gasteiger partial charge in [0.1, 0.15) is 24.4 Å². The molecule has 40 heavy (non-hydrogen) atoms. The van der Waals surface area contributed by atoms with Gasteiger partial charge in [0.25, 0.3) is 0 Å². The number of nitrogens with one attached hydrogen (secondary N) is 2. The number of ketones is 1. The van der Waals surface area contributed by atoms with Crippen molar-refractivity contribution in [2.75, 3.05) is 19.0 Å². The zero-order valence-corrected chi connectivity index (χ0v) is 23.9. The first-order valence-corrected chi connectivity index (χ1v) is 15.7. The van der Waals surface area contributed by atoms with E-state index in [-0.39, 0.29) is 30.8 Å². The Kier molecular flexibility index (Phi) is 7.49. The number of hydrogen-bond donors (Lipinski definition) is 3. The van der Waals surface area contributed by atoms with E-state index in [0.717, 1.165) is 16.9 Å². The molecule has 2 aromatic heterocycles. The second-order valence-corrected chi connectivity index (χ2v) is 13.4. The van der Waals surface area contributed by atoms with Crippen LogP contribution in [0.3, 0.4) is 0 Å². The van der Waals surface area contributed by atoms with Gasteiger partial charge in [-0.25, -0.2) is 9.97 Å². The summed E-state index contributed by atoms with van der Waals surface area (Å²) in [5, 5.41) is 13.6. The monoisotopic (exact) mass is 584 g/mol. The molecule has 2 fully saturated rings. The fourth-order valence-electron chi connectivity index (χ4n) is 5.60. The molecule has 3 heterocycles. The van der Waals surface area contributed by atoms with Crippen molar-refractivity contribution in [1.29, 1.82) is 0 Å². The van der Waals surface area contributed by atoms with E-state index in [4.69, 9.17) is 8.92 Å². The topological polar surface area (TPSA) is 140 Å². The van der Waals surface area contributed by atoms with Crippen molar-refractivity contribution in [2.24, 2.45) is 0 Å². The average Bonchev–Trinajstić information content (AvgIpc) is 3.65. The molecule has 12 heteroatoms. The van der Waals surface area contributed by atoms with Crippen molar-refractivity contribution >= 4 is 33.2 Å². The third-order valence-electron chi connectivity index (χ3n) is 7.89. The summed E-state index contributed by atoms with van der Waals surface area (Å²) < 4.78 is 37.0. The number of carbonyl (C=O) groups excluding carboxylic acids is 1. The summed E-state index contributed by atoms with van der Waals surface area (Å²) in [4.78, 5) is 23.7. The van der Waals surface area contributed by atoms with Crippen LogP contribution >= 0.6 is 11.3 Å². The molecule has 3 N–H and O–H groups in total. The van der Waals surface area contributed by atoms with Gasteiger partial charge < -0.3 is 15.2 Å². The van der Waals surface area contributed by atoms with E-state index in [1.807, 2.05) is 13.0 Å². The van der Waals surface area contributed by atoms with Crippen LogP contribution < -0.4 is 10.0 Å². The molecular weight excluding hydrogens is 552 g/mol. The molecule has 212 valence electrons. The van der Waals surface area contributed by atoms with Crippen LogP contribution in [-0.4, -0.2) is 61.2 Å². The number of ether oxygens (including phenoxy) is 1. The van der Waals surface area contributed by atoms with Crippen molar-refractivity contribution in [1.82, 2.24) is 14.7 Å². The highest BCUT2D eigenvalue weighted by atomic mass is 32.2. The molecule has 0 unspecified atom stereocenters. The zero-order chi connectivity index (χ0) is 28.0. The van der Waals surface area contributed by atoms with Gasteiger partial charge in [0, 0.05) is 24.2 Å². The van der Waals surface area contributed by atoms with Gasteiger partial charge in [0.05, 0.1) is 23.2 Å². The van der Waals surface area contributed by atoms with E-state index >= 15 is 0 Å². The number of benzene rings is 1. The van der Waals surface area contributed by atoms with Gasteiger partial charge in [-0.05, 0) is 73.3 Å². The maximum atomic E-state index is 13.7. The molecule has 1 aliphatic heterocycles. The van der Waals surface area contributed by atoms with Crippen LogP contribution in [-0.2, 0) is 25.6 Å². The molecule has 10 nitrogen and oxygen atoms in total. The Labute approximate surface area is 237 Å². The predicted octanol–water partition coefficient (Wildman–Crippen LogP) is 3.40. The minimum absolute atomic E-state index is 0.212. The summed E-state index contributed by atoms with van der Waals surface area (Å²) in [6.07, 6.45) is 4.54. The number of anilines is 1. The zero-order valence-electron chi connectivity index (χ0n) is 22.3. The molecule has 0 saturated heterocycles. The number of nitrogens with zero attached hydrogens (tertiary/aromatic N) is 2. The lowest BCUT2D eigenvalue weighted by molar-refractivity contribution is 0.0636. The lowest BCUT2D eigenvalue weighted by atomic mass is 9.90. The van der Waals surface area contributed by atoms with Crippen LogP contribution in [0.1, 0.15) is 80.1 Å². The van der Waals surface area contributed by atoms with E-state index in [9.17, 15) is 18.3 Å². The number of hydrogen-bond acceptors (Lipinski definition) is 10. The third kappa shape index (κ3) is 5.56. The first-order chi connectivity index (χ1) is 19.2. The number of aliphatic hydroxyl groups excluding tert-OH is 1. The lowest BCUT2D eigenvalue weighted by Gasteiger charge is -2.27. The van der Waals surface area contributed by atoms with Crippen LogP contribution in [0.15, 0.2) is 36.8 Å².